The van der Waals surface area contributed by atoms with Crippen LogP contribution in [0.5, 0.6) is 5.75 Å². The second kappa shape index (κ2) is 13.6. The van der Waals surface area contributed by atoms with Crippen molar-refractivity contribution in [3.63, 3.8) is 0 Å². The van der Waals surface area contributed by atoms with E-state index in [1.165, 1.54) is 24.0 Å². The Morgan fingerprint density at radius 3 is 2.24 bits per heavy atom. The van der Waals surface area contributed by atoms with Gasteiger partial charge in [-0.1, -0.05) is 26.0 Å². The maximum atomic E-state index is 13.2. The summed E-state index contributed by atoms with van der Waals surface area (Å²) in [5.74, 6) is -3.31. The minimum atomic E-state index is -1.18. The van der Waals surface area contributed by atoms with Crippen molar-refractivity contribution in [2.24, 2.45) is 11.7 Å². The van der Waals surface area contributed by atoms with Crippen molar-refractivity contribution in [1.29, 1.82) is 0 Å². The topological polar surface area (TPSA) is 191 Å². The average molecular weight is 520 g/mol. The van der Waals surface area contributed by atoms with Crippen molar-refractivity contribution in [1.82, 2.24) is 20.9 Å². The lowest BCUT2D eigenvalue weighted by Gasteiger charge is -2.27. The molecule has 0 aliphatic carbocycles. The molecule has 2 rings (SSSR count). The molecule has 1 aliphatic heterocycles. The van der Waals surface area contributed by atoms with Crippen LogP contribution >= 0.6 is 0 Å². The van der Waals surface area contributed by atoms with Gasteiger partial charge in [-0.15, -0.1) is 0 Å². The van der Waals surface area contributed by atoms with Crippen LogP contribution in [0, 0.1) is 5.92 Å². The van der Waals surface area contributed by atoms with Gasteiger partial charge in [0.15, 0.2) is 0 Å². The number of hydrogen-bond acceptors (Lipinski definition) is 7. The number of nitrogens with two attached hydrogens (primary N) is 1. The van der Waals surface area contributed by atoms with Crippen LogP contribution in [0.1, 0.15) is 45.6 Å². The summed E-state index contributed by atoms with van der Waals surface area (Å²) in [4.78, 5) is 63.8. The van der Waals surface area contributed by atoms with Gasteiger partial charge < -0.3 is 36.8 Å². The number of phenols is 1. The molecule has 0 aromatic heterocycles. The molecule has 12 heteroatoms. The number of amides is 4. The number of carbonyl (C=O) groups is 5. The Labute approximate surface area is 216 Å². The van der Waals surface area contributed by atoms with Crippen LogP contribution in [0.15, 0.2) is 24.3 Å². The molecule has 1 heterocycles. The van der Waals surface area contributed by atoms with Gasteiger partial charge in [-0.25, -0.2) is 4.79 Å². The molecule has 4 atom stereocenters. The van der Waals surface area contributed by atoms with Crippen molar-refractivity contribution >= 4 is 29.6 Å². The number of benzene rings is 1. The molecule has 1 fully saturated rings. The predicted octanol–water partition coefficient (Wildman–Crippen LogP) is -0.511. The van der Waals surface area contributed by atoms with Crippen LogP contribution in [0.2, 0.25) is 0 Å². The number of rotatable bonds is 12. The second-order valence-electron chi connectivity index (χ2n) is 9.71. The van der Waals surface area contributed by atoms with E-state index in [0.717, 1.165) is 0 Å². The molecule has 37 heavy (non-hydrogen) atoms. The molecule has 1 aromatic carbocycles. The van der Waals surface area contributed by atoms with Gasteiger partial charge in [0.25, 0.3) is 0 Å². The Morgan fingerprint density at radius 2 is 1.68 bits per heavy atom. The predicted molar refractivity (Wildman–Crippen MR) is 134 cm³/mol. The molecule has 1 aliphatic rings. The summed E-state index contributed by atoms with van der Waals surface area (Å²) in [6.07, 6.45) is 1.18. The number of carboxylic acid groups (broad SMARTS) is 1. The van der Waals surface area contributed by atoms with Crippen molar-refractivity contribution in [3.8, 4) is 5.75 Å². The highest BCUT2D eigenvalue weighted by Crippen LogP contribution is 2.18. The Morgan fingerprint density at radius 1 is 1.03 bits per heavy atom. The summed E-state index contributed by atoms with van der Waals surface area (Å²) in [7, 11) is 0. The number of carbonyl (C=O) groups excluding carboxylic acids is 4. The number of carboxylic acids is 1. The first kappa shape index (κ1) is 29.6. The van der Waals surface area contributed by atoms with Gasteiger partial charge in [-0.2, -0.15) is 0 Å². The molecule has 4 amide bonds. The molecule has 7 N–H and O–H groups in total. The maximum absolute atomic E-state index is 13.2. The standard InChI is InChI=1S/C25H37N5O7/c1-14(2)11-19(25(36)37)29-23(34)18(12-16-6-8-17(31)9-7-16)28-24(35)20-5-4-10-30(20)21(32)13-27-22(33)15(3)26/h6-9,14-15,18-20,31H,4-5,10-13,26H2,1-3H3,(H,27,33)(H,28,35)(H,29,34)(H,36,37)/t15-,18-,19-,20-/m0/s1. The molecular formula is C25H37N5O7. The Hall–Kier alpha value is -3.67. The first-order valence-electron chi connectivity index (χ1n) is 12.3. The third-order valence-electron chi connectivity index (χ3n) is 6.03. The normalized spacial score (nSPS) is 17.5. The van der Waals surface area contributed by atoms with Gasteiger partial charge in [0.1, 0.15) is 23.9 Å². The Bertz CT molecular complexity index is 980. The fourth-order valence-corrected chi connectivity index (χ4v) is 4.07. The molecule has 204 valence electrons. The summed E-state index contributed by atoms with van der Waals surface area (Å²) in [6, 6.07) is 2.19. The van der Waals surface area contributed by atoms with Crippen LogP contribution in [0.4, 0.5) is 0 Å². The number of likely N-dealkylation sites (tertiary alicyclic amines) is 1. The van der Waals surface area contributed by atoms with Gasteiger partial charge in [-0.05, 0) is 49.8 Å². The molecular weight excluding hydrogens is 482 g/mol. The molecule has 1 aromatic rings. The zero-order chi connectivity index (χ0) is 27.7. The minimum Gasteiger partial charge on any atom is -0.508 e. The molecule has 0 bridgehead atoms. The van der Waals surface area contributed by atoms with Crippen LogP contribution < -0.4 is 21.7 Å². The number of nitrogens with one attached hydrogen (secondary N) is 3. The van der Waals surface area contributed by atoms with E-state index in [4.69, 9.17) is 5.73 Å². The molecule has 0 spiro atoms. The zero-order valence-electron chi connectivity index (χ0n) is 21.4. The van der Waals surface area contributed by atoms with Crippen LogP contribution in [-0.4, -0.2) is 82.0 Å². The average Bonchev–Trinajstić information content (AvgIpc) is 3.32. The summed E-state index contributed by atoms with van der Waals surface area (Å²) >= 11 is 0. The molecule has 0 saturated carbocycles. The number of hydrogen-bond donors (Lipinski definition) is 6. The highest BCUT2D eigenvalue weighted by molar-refractivity contribution is 5.94. The number of aromatic hydroxyl groups is 1. The lowest BCUT2D eigenvalue weighted by Crippen LogP contribution is -2.56. The Balaban J connectivity index is 2.17. The molecule has 12 nitrogen and oxygen atoms in total. The minimum absolute atomic E-state index is 0.00680. The van der Waals surface area contributed by atoms with E-state index in [1.807, 2.05) is 13.8 Å². The highest BCUT2D eigenvalue weighted by atomic mass is 16.4. The first-order valence-corrected chi connectivity index (χ1v) is 12.3. The highest BCUT2D eigenvalue weighted by Gasteiger charge is 2.36. The van der Waals surface area contributed by atoms with E-state index >= 15 is 0 Å². The van der Waals surface area contributed by atoms with Gasteiger partial charge >= 0.3 is 5.97 Å². The summed E-state index contributed by atoms with van der Waals surface area (Å²) in [5.41, 5.74) is 6.13. The fraction of sp³-hybridized carbons (Fsp3) is 0.560. The third-order valence-corrected chi connectivity index (χ3v) is 6.03. The van der Waals surface area contributed by atoms with Crippen molar-refractivity contribution in [3.05, 3.63) is 29.8 Å². The van der Waals surface area contributed by atoms with Crippen LogP contribution in [0.25, 0.3) is 0 Å². The van der Waals surface area contributed by atoms with Crippen molar-refractivity contribution in [2.45, 2.75) is 70.6 Å². The summed E-state index contributed by atoms with van der Waals surface area (Å²) in [6.45, 7) is 5.16. The zero-order valence-corrected chi connectivity index (χ0v) is 21.4. The summed E-state index contributed by atoms with van der Waals surface area (Å²) in [5, 5.41) is 26.7. The molecule has 0 unspecified atom stereocenters. The molecule has 0 radical (unpaired) electrons. The largest absolute Gasteiger partial charge is 0.508 e. The number of nitrogens with zero attached hydrogens (tertiary/aromatic N) is 1. The second-order valence-corrected chi connectivity index (χ2v) is 9.71. The van der Waals surface area contributed by atoms with E-state index in [0.29, 0.717) is 24.9 Å². The lowest BCUT2D eigenvalue weighted by molar-refractivity contribution is -0.143. The third kappa shape index (κ3) is 9.05. The van der Waals surface area contributed by atoms with E-state index in [1.54, 1.807) is 12.1 Å². The lowest BCUT2D eigenvalue weighted by atomic mass is 10.0. The van der Waals surface area contributed by atoms with Gasteiger partial charge in [0.05, 0.1) is 12.6 Å². The number of phenolic OH excluding ortho intramolecular Hbond substituents is 1. The van der Waals surface area contributed by atoms with Crippen LogP contribution in [0.3, 0.4) is 0 Å². The summed E-state index contributed by atoms with van der Waals surface area (Å²) < 4.78 is 0. The monoisotopic (exact) mass is 519 g/mol. The quantitative estimate of drug-likeness (QED) is 0.213. The van der Waals surface area contributed by atoms with E-state index < -0.39 is 53.8 Å². The van der Waals surface area contributed by atoms with Crippen molar-refractivity contribution in [2.75, 3.05) is 13.1 Å². The van der Waals surface area contributed by atoms with Crippen molar-refractivity contribution < 1.29 is 34.2 Å². The Kier molecular flexibility index (Phi) is 10.9. The number of aliphatic carboxylic acids is 1. The van der Waals surface area contributed by atoms with Crippen LogP contribution in [-0.2, 0) is 30.4 Å². The van der Waals surface area contributed by atoms with E-state index in [-0.39, 0.29) is 31.1 Å². The van der Waals surface area contributed by atoms with Gasteiger partial charge in [0.2, 0.25) is 23.6 Å². The van der Waals surface area contributed by atoms with Gasteiger partial charge in [-0.3, -0.25) is 19.2 Å². The van der Waals surface area contributed by atoms with Gasteiger partial charge in [0, 0.05) is 13.0 Å². The smallest absolute Gasteiger partial charge is 0.326 e. The van der Waals surface area contributed by atoms with E-state index in [9.17, 15) is 34.2 Å². The van der Waals surface area contributed by atoms with E-state index in [2.05, 4.69) is 16.0 Å². The fourth-order valence-electron chi connectivity index (χ4n) is 4.07. The SMILES string of the molecule is CC(C)C[C@H](NC(=O)[C@H](Cc1ccc(O)cc1)NC(=O)[C@@H]1CCCN1C(=O)CNC(=O)[C@H](C)N)C(=O)O. The molecule has 1 saturated heterocycles. The first-order chi connectivity index (χ1) is 17.4. The maximum Gasteiger partial charge on any atom is 0.326 e.